The van der Waals surface area contributed by atoms with E-state index in [0.29, 0.717) is 38.5 Å². The molecule has 0 aromatic heterocycles. The lowest BCUT2D eigenvalue weighted by atomic mass is 9.33. The topological polar surface area (TPSA) is 259 Å². The number of hydrogen-bond acceptors (Lipinski definition) is 15. The zero-order chi connectivity index (χ0) is 42.8. The van der Waals surface area contributed by atoms with Gasteiger partial charge in [0.05, 0.1) is 30.8 Å². The van der Waals surface area contributed by atoms with Crippen LogP contribution in [-0.4, -0.2) is 135 Å². The average Bonchev–Trinajstić information content (AvgIpc) is 3.13. The molecule has 5 aliphatic carbocycles. The molecule has 2 aliphatic heterocycles. The van der Waals surface area contributed by atoms with E-state index in [2.05, 4.69) is 40.7 Å². The molecule has 0 aromatic rings. The van der Waals surface area contributed by atoms with Crippen LogP contribution < -0.4 is 0 Å². The first kappa shape index (κ1) is 44.7. The predicted molar refractivity (Wildman–Crippen MR) is 203 cm³/mol. The van der Waals surface area contributed by atoms with Gasteiger partial charge in [-0.3, -0.25) is 9.35 Å². The summed E-state index contributed by atoms with van der Waals surface area (Å²) in [5.41, 5.74) is -1.95. The second-order valence-corrected chi connectivity index (χ2v) is 21.7. The minimum atomic E-state index is -5.01. The Morgan fingerprint density at radius 1 is 0.828 bits per heavy atom. The fourth-order valence-corrected chi connectivity index (χ4v) is 14.0. The number of hydrogen-bond donors (Lipinski definition) is 8. The number of aliphatic hydroxyl groups excluding tert-OH is 7. The molecule has 18 atom stereocenters. The van der Waals surface area contributed by atoms with Gasteiger partial charge in [-0.25, -0.2) is 4.18 Å². The van der Waals surface area contributed by atoms with Gasteiger partial charge in [-0.1, -0.05) is 60.1 Å². The number of fused-ring (bicyclic) bond motifs is 7. The molecule has 0 amide bonds. The summed E-state index contributed by atoms with van der Waals surface area (Å²) in [6, 6.07) is 0. The lowest BCUT2D eigenvalue weighted by Crippen LogP contribution is -2.67. The van der Waals surface area contributed by atoms with E-state index in [1.165, 1.54) is 0 Å². The summed E-state index contributed by atoms with van der Waals surface area (Å²) in [7, 11) is -5.01. The zero-order valence-corrected chi connectivity index (χ0v) is 35.5. The third-order valence-corrected chi connectivity index (χ3v) is 17.7. The Labute approximate surface area is 341 Å². The Balaban J connectivity index is 1.18. The number of ether oxygens (including phenoxy) is 4. The van der Waals surface area contributed by atoms with Gasteiger partial charge in [-0.2, -0.15) is 8.42 Å². The summed E-state index contributed by atoms with van der Waals surface area (Å²) in [4.78, 5) is 14.6. The van der Waals surface area contributed by atoms with E-state index < -0.39 is 118 Å². The highest BCUT2D eigenvalue weighted by molar-refractivity contribution is 7.80. The van der Waals surface area contributed by atoms with Crippen LogP contribution >= 0.6 is 0 Å². The van der Waals surface area contributed by atoms with E-state index in [1.54, 1.807) is 0 Å². The van der Waals surface area contributed by atoms with Crippen molar-refractivity contribution in [1.29, 1.82) is 0 Å². The monoisotopic (exact) mass is 846 g/mol. The van der Waals surface area contributed by atoms with Gasteiger partial charge in [0, 0.05) is 5.92 Å². The van der Waals surface area contributed by atoms with Crippen LogP contribution in [0.5, 0.6) is 0 Å². The van der Waals surface area contributed by atoms with Gasteiger partial charge in [0.2, 0.25) is 6.29 Å². The number of carbonyl (C=O) groups is 1. The predicted octanol–water partition coefficient (Wildman–Crippen LogP) is 1.75. The smallest absolute Gasteiger partial charge is 0.397 e. The maximum Gasteiger partial charge on any atom is 0.397 e. The van der Waals surface area contributed by atoms with E-state index in [9.17, 15) is 53.5 Å². The molecule has 2 heterocycles. The molecule has 7 aliphatic rings. The van der Waals surface area contributed by atoms with Crippen LogP contribution in [0.4, 0.5) is 0 Å². The summed E-state index contributed by atoms with van der Waals surface area (Å²) < 4.78 is 61.2. The molecule has 2 saturated heterocycles. The summed E-state index contributed by atoms with van der Waals surface area (Å²) in [6.45, 7) is 14.3. The fourth-order valence-electron chi connectivity index (χ4n) is 13.5. The Kier molecular flexibility index (Phi) is 11.5. The van der Waals surface area contributed by atoms with E-state index in [1.807, 2.05) is 13.8 Å². The lowest BCUT2D eigenvalue weighted by molar-refractivity contribution is -0.304. The molecular formula is C41H66O16S. The molecular weight excluding hydrogens is 781 g/mol. The molecule has 0 spiro atoms. The van der Waals surface area contributed by atoms with Crippen LogP contribution in [-0.2, 0) is 38.3 Å². The molecule has 332 valence electrons. The lowest BCUT2D eigenvalue weighted by Gasteiger charge is -2.71. The molecule has 16 nitrogen and oxygen atoms in total. The van der Waals surface area contributed by atoms with Gasteiger partial charge in [0.15, 0.2) is 12.4 Å². The Bertz CT molecular complexity index is 1720. The highest BCUT2D eigenvalue weighted by atomic mass is 32.3. The maximum absolute atomic E-state index is 14.6. The third-order valence-electron chi connectivity index (χ3n) is 17.2. The molecule has 8 N–H and O–H groups in total. The summed E-state index contributed by atoms with van der Waals surface area (Å²) in [5.74, 6) is -0.895. The van der Waals surface area contributed by atoms with Crippen molar-refractivity contribution in [2.75, 3.05) is 13.2 Å². The Morgan fingerprint density at radius 3 is 2.16 bits per heavy atom. The standard InChI is InChI=1S/C41H66O16S/c1-36(2)14-16-41(35(49)56-33-30(47)29(46)28(45)22(18-42)54-33)17-15-39(6)20(26(41)32(36)48)8-9-24-38(5)12-11-25(37(3,4)23(38)10-13-40(24,39)7)55-34-31(57-58(50,51)52)27(44)21(43)19-53-34/h8,21-34,42-48H,9-19H2,1-7H3,(H,50,51,52)/t21-,22+,23-,24+,25-,26+,27-,28+,29-,30+,31+,32-,33-,34-,38-,39+,40+,41-/m0/s1. The quantitative estimate of drug-likeness (QED) is 0.0786. The maximum atomic E-state index is 14.6. The molecule has 7 rings (SSSR count). The zero-order valence-electron chi connectivity index (χ0n) is 34.7. The minimum absolute atomic E-state index is 0.144. The van der Waals surface area contributed by atoms with Crippen LogP contribution in [0.25, 0.3) is 0 Å². The van der Waals surface area contributed by atoms with Gasteiger partial charge in [-0.15, -0.1) is 0 Å². The molecule has 0 radical (unpaired) electrons. The number of esters is 1. The van der Waals surface area contributed by atoms with Gasteiger partial charge >= 0.3 is 16.4 Å². The summed E-state index contributed by atoms with van der Waals surface area (Å²) in [6.07, 6.45) is -7.38. The van der Waals surface area contributed by atoms with Crippen molar-refractivity contribution in [3.05, 3.63) is 11.6 Å². The molecule has 6 fully saturated rings. The van der Waals surface area contributed by atoms with Crippen LogP contribution in [0.1, 0.15) is 106 Å². The Morgan fingerprint density at radius 2 is 1.50 bits per heavy atom. The van der Waals surface area contributed by atoms with Crippen LogP contribution in [0.3, 0.4) is 0 Å². The van der Waals surface area contributed by atoms with Gasteiger partial charge < -0.3 is 54.7 Å². The van der Waals surface area contributed by atoms with Gasteiger partial charge in [0.25, 0.3) is 0 Å². The molecule has 0 aromatic carbocycles. The average molecular weight is 847 g/mol. The van der Waals surface area contributed by atoms with E-state index >= 15 is 0 Å². The first-order valence-corrected chi connectivity index (χ1v) is 22.3. The second kappa shape index (κ2) is 14.9. The van der Waals surface area contributed by atoms with Crippen LogP contribution in [0, 0.1) is 50.2 Å². The van der Waals surface area contributed by atoms with Crippen LogP contribution in [0.15, 0.2) is 11.6 Å². The van der Waals surface area contributed by atoms with E-state index in [-0.39, 0.29) is 29.3 Å². The number of allylic oxidation sites excluding steroid dienone is 1. The second-order valence-electron chi connectivity index (χ2n) is 20.7. The van der Waals surface area contributed by atoms with Crippen molar-refractivity contribution in [1.82, 2.24) is 0 Å². The van der Waals surface area contributed by atoms with Gasteiger partial charge in [0.1, 0.15) is 36.6 Å². The molecule has 17 heteroatoms. The van der Waals surface area contributed by atoms with E-state index in [0.717, 1.165) is 24.8 Å². The summed E-state index contributed by atoms with van der Waals surface area (Å²) in [5, 5.41) is 74.5. The third kappa shape index (κ3) is 6.76. The highest BCUT2D eigenvalue weighted by Gasteiger charge is 2.71. The SMILES string of the molecule is CC1(C)CC[C@]2(C(=O)O[C@@H]3O[C@H](CO)[C@@H](O)[C@H](O)[C@H]3O)CC[C@]3(C)C(=CC[C@@H]4[C@@]5(C)CC[C@H](O[C@@H]6OC[C@H](O)[C@H](O)[C@H]6OS(=O)(=O)O)C(C)(C)[C@@H]5CC[C@]43C)[C@@H]2[C@@H]1O. The minimum Gasteiger partial charge on any atom is -0.432 e. The number of rotatable bonds is 7. The largest absolute Gasteiger partial charge is 0.432 e. The van der Waals surface area contributed by atoms with Gasteiger partial charge in [-0.05, 0) is 96.7 Å². The Hall–Kier alpha value is -1.32. The van der Waals surface area contributed by atoms with Crippen molar-refractivity contribution in [2.24, 2.45) is 50.2 Å². The van der Waals surface area contributed by atoms with Crippen molar-refractivity contribution < 1.29 is 76.6 Å². The number of aliphatic hydroxyl groups is 7. The molecule has 0 unspecified atom stereocenters. The summed E-state index contributed by atoms with van der Waals surface area (Å²) >= 11 is 0. The normalized spacial score (nSPS) is 51.3. The van der Waals surface area contributed by atoms with Crippen molar-refractivity contribution in [2.45, 2.75) is 174 Å². The first-order valence-electron chi connectivity index (χ1n) is 21.0. The van der Waals surface area contributed by atoms with Crippen molar-refractivity contribution in [3.8, 4) is 0 Å². The first-order chi connectivity index (χ1) is 26.8. The molecule has 4 saturated carbocycles. The van der Waals surface area contributed by atoms with Crippen molar-refractivity contribution >= 4 is 16.4 Å². The molecule has 58 heavy (non-hydrogen) atoms. The van der Waals surface area contributed by atoms with E-state index in [4.69, 9.17) is 23.1 Å². The fraction of sp³-hybridized carbons (Fsp3) is 0.927. The van der Waals surface area contributed by atoms with Crippen molar-refractivity contribution in [3.63, 3.8) is 0 Å². The molecule has 0 bridgehead atoms. The highest BCUT2D eigenvalue weighted by Crippen LogP contribution is 2.76. The number of carbonyl (C=O) groups excluding carboxylic acids is 1. The van der Waals surface area contributed by atoms with Crippen LogP contribution in [0.2, 0.25) is 0 Å².